The SMILES string of the molecule is CN(C)S(=O)(=O)c1ccc(C(=O)C=Cc2ccc(Cl)c(Cl)c2)cc1. The highest BCUT2D eigenvalue weighted by Gasteiger charge is 2.17. The number of nitrogens with zero attached hydrogens (tertiary/aromatic N) is 1. The Morgan fingerprint density at radius 1 is 1.00 bits per heavy atom. The van der Waals surface area contributed by atoms with Crippen LogP contribution in [0.15, 0.2) is 53.4 Å². The van der Waals surface area contributed by atoms with Crippen LogP contribution in [0.1, 0.15) is 15.9 Å². The molecule has 4 nitrogen and oxygen atoms in total. The summed E-state index contributed by atoms with van der Waals surface area (Å²) in [5.74, 6) is -0.241. The number of hydrogen-bond acceptors (Lipinski definition) is 3. The summed E-state index contributed by atoms with van der Waals surface area (Å²) < 4.78 is 25.1. The van der Waals surface area contributed by atoms with Crippen LogP contribution < -0.4 is 0 Å². The first-order valence-electron chi connectivity index (χ1n) is 6.92. The molecule has 0 saturated heterocycles. The van der Waals surface area contributed by atoms with Crippen LogP contribution in [-0.4, -0.2) is 32.6 Å². The number of allylic oxidation sites excluding steroid dienone is 1. The van der Waals surface area contributed by atoms with Gasteiger partial charge < -0.3 is 0 Å². The van der Waals surface area contributed by atoms with Crippen molar-refractivity contribution in [2.45, 2.75) is 4.90 Å². The van der Waals surface area contributed by atoms with Crippen LogP contribution in [-0.2, 0) is 10.0 Å². The summed E-state index contributed by atoms with van der Waals surface area (Å²) in [4.78, 5) is 12.3. The van der Waals surface area contributed by atoms with E-state index in [0.29, 0.717) is 15.6 Å². The van der Waals surface area contributed by atoms with Gasteiger partial charge in [0.2, 0.25) is 10.0 Å². The zero-order valence-corrected chi connectivity index (χ0v) is 15.4. The molecule has 0 aliphatic carbocycles. The Hall–Kier alpha value is -1.66. The molecule has 0 aliphatic heterocycles. The lowest BCUT2D eigenvalue weighted by atomic mass is 10.1. The fourth-order valence-electron chi connectivity index (χ4n) is 1.89. The van der Waals surface area contributed by atoms with Crippen molar-refractivity contribution in [1.82, 2.24) is 4.31 Å². The molecular weight excluding hydrogens is 369 g/mol. The minimum Gasteiger partial charge on any atom is -0.289 e. The minimum absolute atomic E-state index is 0.137. The molecular formula is C17H15Cl2NO3S. The summed E-state index contributed by atoms with van der Waals surface area (Å²) in [5, 5.41) is 0.849. The Morgan fingerprint density at radius 2 is 1.62 bits per heavy atom. The molecule has 0 bridgehead atoms. The molecule has 2 aromatic carbocycles. The fourth-order valence-corrected chi connectivity index (χ4v) is 3.09. The second-order valence-electron chi connectivity index (χ2n) is 5.18. The largest absolute Gasteiger partial charge is 0.289 e. The van der Waals surface area contributed by atoms with Gasteiger partial charge in [-0.2, -0.15) is 0 Å². The van der Waals surface area contributed by atoms with Gasteiger partial charge in [0.25, 0.3) is 0 Å². The highest BCUT2D eigenvalue weighted by Crippen LogP contribution is 2.23. The Balaban J connectivity index is 2.18. The molecule has 7 heteroatoms. The number of benzene rings is 2. The van der Waals surface area contributed by atoms with Gasteiger partial charge in [0.15, 0.2) is 5.78 Å². The topological polar surface area (TPSA) is 54.5 Å². The van der Waals surface area contributed by atoms with Crippen LogP contribution in [0, 0.1) is 0 Å². The number of carbonyl (C=O) groups is 1. The van der Waals surface area contributed by atoms with Crippen molar-refractivity contribution in [2.75, 3.05) is 14.1 Å². The summed E-state index contributed by atoms with van der Waals surface area (Å²) in [6.45, 7) is 0. The zero-order chi connectivity index (χ0) is 17.9. The number of carbonyl (C=O) groups excluding carboxylic acids is 1. The van der Waals surface area contributed by atoms with E-state index >= 15 is 0 Å². The highest BCUT2D eigenvalue weighted by atomic mass is 35.5. The van der Waals surface area contributed by atoms with Crippen molar-refractivity contribution in [3.05, 3.63) is 69.7 Å². The van der Waals surface area contributed by atoms with Crippen LogP contribution in [0.4, 0.5) is 0 Å². The van der Waals surface area contributed by atoms with E-state index < -0.39 is 10.0 Å². The lowest BCUT2D eigenvalue weighted by Crippen LogP contribution is -2.22. The third-order valence-electron chi connectivity index (χ3n) is 3.29. The van der Waals surface area contributed by atoms with E-state index in [1.165, 1.54) is 44.4 Å². The Kier molecular flexibility index (Phi) is 5.83. The van der Waals surface area contributed by atoms with Crippen molar-refractivity contribution >= 4 is 45.1 Å². The van der Waals surface area contributed by atoms with Crippen LogP contribution >= 0.6 is 23.2 Å². The molecule has 0 heterocycles. The maximum absolute atomic E-state index is 12.2. The van der Waals surface area contributed by atoms with Crippen LogP contribution in [0.25, 0.3) is 6.08 Å². The third-order valence-corrected chi connectivity index (χ3v) is 5.86. The van der Waals surface area contributed by atoms with Crippen LogP contribution in [0.2, 0.25) is 10.0 Å². The van der Waals surface area contributed by atoms with E-state index in [0.717, 1.165) is 9.87 Å². The lowest BCUT2D eigenvalue weighted by Gasteiger charge is -2.11. The molecule has 0 aliphatic rings. The Morgan fingerprint density at radius 3 is 2.17 bits per heavy atom. The molecule has 0 atom stereocenters. The van der Waals surface area contributed by atoms with Gasteiger partial charge in [0, 0.05) is 19.7 Å². The molecule has 2 aromatic rings. The molecule has 0 spiro atoms. The maximum atomic E-state index is 12.2. The molecule has 0 N–H and O–H groups in total. The predicted octanol–water partition coefficient (Wildman–Crippen LogP) is 4.14. The molecule has 2 rings (SSSR count). The Bertz CT molecular complexity index is 889. The summed E-state index contributed by atoms with van der Waals surface area (Å²) in [5.41, 5.74) is 1.13. The minimum atomic E-state index is -3.51. The van der Waals surface area contributed by atoms with E-state index in [-0.39, 0.29) is 10.7 Å². The average molecular weight is 384 g/mol. The molecule has 126 valence electrons. The van der Waals surface area contributed by atoms with Crippen molar-refractivity contribution in [2.24, 2.45) is 0 Å². The van der Waals surface area contributed by atoms with Gasteiger partial charge >= 0.3 is 0 Å². The van der Waals surface area contributed by atoms with Gasteiger partial charge in [-0.1, -0.05) is 35.3 Å². The zero-order valence-electron chi connectivity index (χ0n) is 13.0. The summed E-state index contributed by atoms with van der Waals surface area (Å²) in [7, 11) is -0.601. The fraction of sp³-hybridized carbons (Fsp3) is 0.118. The van der Waals surface area contributed by atoms with E-state index in [1.54, 1.807) is 24.3 Å². The lowest BCUT2D eigenvalue weighted by molar-refractivity contribution is 0.104. The van der Waals surface area contributed by atoms with Crippen LogP contribution in [0.5, 0.6) is 0 Å². The van der Waals surface area contributed by atoms with Gasteiger partial charge in [0.05, 0.1) is 14.9 Å². The van der Waals surface area contributed by atoms with Crippen molar-refractivity contribution < 1.29 is 13.2 Å². The molecule has 0 unspecified atom stereocenters. The number of ketones is 1. The standard InChI is InChI=1S/C17H15Cl2NO3S/c1-20(2)24(22,23)14-7-5-13(6-8-14)17(21)10-4-12-3-9-15(18)16(19)11-12/h3-11H,1-2H3. The molecule has 0 fully saturated rings. The third kappa shape index (κ3) is 4.24. The number of sulfonamides is 1. The first-order chi connectivity index (χ1) is 11.2. The van der Waals surface area contributed by atoms with E-state index in [2.05, 4.69) is 0 Å². The Labute approximate surface area is 151 Å². The first-order valence-corrected chi connectivity index (χ1v) is 9.11. The number of rotatable bonds is 5. The normalized spacial score (nSPS) is 12.0. The van der Waals surface area contributed by atoms with E-state index in [4.69, 9.17) is 23.2 Å². The number of halogens is 2. The monoisotopic (exact) mass is 383 g/mol. The number of hydrogen-bond donors (Lipinski definition) is 0. The van der Waals surface area contributed by atoms with Gasteiger partial charge in [0.1, 0.15) is 0 Å². The van der Waals surface area contributed by atoms with Crippen molar-refractivity contribution in [1.29, 1.82) is 0 Å². The predicted molar refractivity (Wildman–Crippen MR) is 97.1 cm³/mol. The summed E-state index contributed by atoms with van der Waals surface area (Å²) in [6, 6.07) is 10.8. The van der Waals surface area contributed by atoms with Crippen molar-refractivity contribution in [3.63, 3.8) is 0 Å². The van der Waals surface area contributed by atoms with Gasteiger partial charge in [-0.15, -0.1) is 0 Å². The summed E-state index contributed by atoms with van der Waals surface area (Å²) >= 11 is 11.8. The van der Waals surface area contributed by atoms with Gasteiger partial charge in [-0.05, 0) is 48.0 Å². The van der Waals surface area contributed by atoms with Crippen LogP contribution in [0.3, 0.4) is 0 Å². The second-order valence-corrected chi connectivity index (χ2v) is 8.15. The molecule has 0 aromatic heterocycles. The average Bonchev–Trinajstić information content (AvgIpc) is 2.55. The van der Waals surface area contributed by atoms with Gasteiger partial charge in [-0.25, -0.2) is 12.7 Å². The maximum Gasteiger partial charge on any atom is 0.242 e. The smallest absolute Gasteiger partial charge is 0.242 e. The van der Waals surface area contributed by atoms with Crippen molar-refractivity contribution in [3.8, 4) is 0 Å². The molecule has 0 amide bonds. The van der Waals surface area contributed by atoms with E-state index in [9.17, 15) is 13.2 Å². The molecule has 0 radical (unpaired) electrons. The first kappa shape index (κ1) is 18.7. The highest BCUT2D eigenvalue weighted by molar-refractivity contribution is 7.89. The molecule has 0 saturated carbocycles. The summed E-state index contributed by atoms with van der Waals surface area (Å²) in [6.07, 6.45) is 3.02. The van der Waals surface area contributed by atoms with Gasteiger partial charge in [-0.3, -0.25) is 4.79 Å². The van der Waals surface area contributed by atoms with E-state index in [1.807, 2.05) is 0 Å². The second kappa shape index (κ2) is 7.49. The quantitative estimate of drug-likeness (QED) is 0.575. The molecule has 24 heavy (non-hydrogen) atoms.